The molecule has 0 amide bonds. The van der Waals surface area contributed by atoms with Gasteiger partial charge in [-0.1, -0.05) is 84.9 Å². The van der Waals surface area contributed by atoms with Crippen LogP contribution >= 0.6 is 0 Å². The summed E-state index contributed by atoms with van der Waals surface area (Å²) in [6.07, 6.45) is 0.389. The van der Waals surface area contributed by atoms with E-state index in [1.54, 1.807) is 24.3 Å². The van der Waals surface area contributed by atoms with E-state index in [2.05, 4.69) is 9.78 Å². The molecule has 40 heavy (non-hydrogen) atoms. The lowest BCUT2D eigenvalue weighted by Crippen LogP contribution is -2.38. The van der Waals surface area contributed by atoms with Crippen molar-refractivity contribution in [2.45, 2.75) is 38.1 Å². The van der Waals surface area contributed by atoms with Crippen LogP contribution in [0.4, 0.5) is 0 Å². The van der Waals surface area contributed by atoms with Crippen LogP contribution in [-0.4, -0.2) is 24.0 Å². The van der Waals surface area contributed by atoms with Crippen molar-refractivity contribution in [2.24, 2.45) is 11.5 Å². The van der Waals surface area contributed by atoms with E-state index in [1.807, 2.05) is 84.9 Å². The van der Waals surface area contributed by atoms with Crippen LogP contribution < -0.4 is 20.9 Å². The fraction of sp³-hybridized carbons (Fsp3) is 0.188. The van der Waals surface area contributed by atoms with Crippen molar-refractivity contribution in [1.82, 2.24) is 0 Å². The van der Waals surface area contributed by atoms with Crippen LogP contribution in [0.1, 0.15) is 22.3 Å². The number of carbonyl (C=O) groups is 2. The Labute approximate surface area is 233 Å². The Kier molecular flexibility index (Phi) is 10.3. The van der Waals surface area contributed by atoms with E-state index >= 15 is 0 Å². The molecule has 0 aliphatic carbocycles. The van der Waals surface area contributed by atoms with Crippen molar-refractivity contribution in [3.05, 3.63) is 131 Å². The summed E-state index contributed by atoms with van der Waals surface area (Å²) in [7, 11) is 0. The molecule has 4 rings (SSSR count). The number of nitrogens with two attached hydrogens (primary N) is 2. The van der Waals surface area contributed by atoms with Gasteiger partial charge in [0.15, 0.2) is 0 Å². The fourth-order valence-corrected chi connectivity index (χ4v) is 3.81. The quantitative estimate of drug-likeness (QED) is 0.202. The van der Waals surface area contributed by atoms with Gasteiger partial charge in [0, 0.05) is 0 Å². The first-order valence-corrected chi connectivity index (χ1v) is 12.9. The Balaban J connectivity index is 1.16. The average Bonchev–Trinajstić information content (AvgIpc) is 3.00. The molecule has 0 aromatic heterocycles. The molecule has 0 bridgehead atoms. The van der Waals surface area contributed by atoms with E-state index in [9.17, 15) is 9.59 Å². The van der Waals surface area contributed by atoms with Gasteiger partial charge in [0.2, 0.25) is 0 Å². The second-order valence-corrected chi connectivity index (χ2v) is 9.26. The van der Waals surface area contributed by atoms with E-state index in [0.29, 0.717) is 24.7 Å². The van der Waals surface area contributed by atoms with Crippen molar-refractivity contribution in [3.63, 3.8) is 0 Å². The normalized spacial score (nSPS) is 12.2. The van der Waals surface area contributed by atoms with E-state index in [4.69, 9.17) is 20.9 Å². The van der Waals surface area contributed by atoms with Gasteiger partial charge in [0.1, 0.15) is 36.8 Å². The standard InChI is InChI=1S/C32H32N2O6/c33-29(19-23-11-15-27(16-12-23)37-21-25-7-3-1-4-8-25)31(35)39-40-32(36)30(34)20-24-13-17-28(18-14-24)38-22-26-9-5-2-6-10-26/h1-18,29-30H,19-22,33-34H2. The largest absolute Gasteiger partial charge is 0.489 e. The fourth-order valence-electron chi connectivity index (χ4n) is 3.81. The van der Waals surface area contributed by atoms with Crippen molar-refractivity contribution in [1.29, 1.82) is 0 Å². The zero-order valence-electron chi connectivity index (χ0n) is 22.0. The summed E-state index contributed by atoms with van der Waals surface area (Å²) >= 11 is 0. The number of rotatable bonds is 12. The van der Waals surface area contributed by atoms with Crippen LogP contribution in [-0.2, 0) is 45.4 Å². The number of hydrogen-bond donors (Lipinski definition) is 2. The molecular weight excluding hydrogens is 508 g/mol. The molecule has 0 saturated heterocycles. The molecule has 206 valence electrons. The van der Waals surface area contributed by atoms with E-state index < -0.39 is 24.0 Å². The molecule has 8 heteroatoms. The van der Waals surface area contributed by atoms with Crippen LogP contribution in [0.2, 0.25) is 0 Å². The summed E-state index contributed by atoms with van der Waals surface area (Å²) < 4.78 is 11.5. The SMILES string of the molecule is NC(Cc1ccc(OCc2ccccc2)cc1)C(=O)OOC(=O)C(N)Cc1ccc(OCc2ccccc2)cc1. The summed E-state index contributed by atoms with van der Waals surface area (Å²) in [5, 5.41) is 0. The van der Waals surface area contributed by atoms with Crippen molar-refractivity contribution >= 4 is 11.9 Å². The first kappa shape index (κ1) is 28.4. The molecule has 8 nitrogen and oxygen atoms in total. The highest BCUT2D eigenvalue weighted by atomic mass is 17.2. The van der Waals surface area contributed by atoms with Gasteiger partial charge in [0.25, 0.3) is 0 Å². The zero-order valence-corrected chi connectivity index (χ0v) is 22.0. The maximum Gasteiger partial charge on any atom is 0.372 e. The Bertz CT molecular complexity index is 1240. The summed E-state index contributed by atoms with van der Waals surface area (Å²) in [6.45, 7) is 0.905. The molecule has 0 radical (unpaired) electrons. The highest BCUT2D eigenvalue weighted by Gasteiger charge is 2.22. The minimum Gasteiger partial charge on any atom is -0.489 e. The Morgan fingerprint density at radius 2 is 0.850 bits per heavy atom. The second kappa shape index (κ2) is 14.5. The Morgan fingerprint density at radius 1 is 0.500 bits per heavy atom. The number of hydrogen-bond acceptors (Lipinski definition) is 8. The predicted molar refractivity (Wildman–Crippen MR) is 150 cm³/mol. The smallest absolute Gasteiger partial charge is 0.372 e. The maximum atomic E-state index is 12.3. The molecule has 4 aromatic carbocycles. The molecule has 2 atom stereocenters. The van der Waals surface area contributed by atoms with Crippen LogP contribution in [0, 0.1) is 0 Å². The summed E-state index contributed by atoms with van der Waals surface area (Å²) in [5.41, 5.74) is 15.6. The van der Waals surface area contributed by atoms with Gasteiger partial charge in [0.05, 0.1) is 0 Å². The Morgan fingerprint density at radius 3 is 1.20 bits per heavy atom. The lowest BCUT2D eigenvalue weighted by atomic mass is 10.1. The third-order valence-electron chi connectivity index (χ3n) is 6.07. The molecule has 4 N–H and O–H groups in total. The van der Waals surface area contributed by atoms with Gasteiger partial charge < -0.3 is 20.9 Å². The molecule has 0 aliphatic rings. The van der Waals surface area contributed by atoms with Crippen LogP contribution in [0.3, 0.4) is 0 Å². The van der Waals surface area contributed by atoms with Gasteiger partial charge in [-0.05, 0) is 59.4 Å². The van der Waals surface area contributed by atoms with Gasteiger partial charge in [-0.2, -0.15) is 0 Å². The first-order chi connectivity index (χ1) is 19.5. The maximum absolute atomic E-state index is 12.3. The molecule has 4 aromatic rings. The highest BCUT2D eigenvalue weighted by molar-refractivity contribution is 5.79. The number of carbonyl (C=O) groups excluding carboxylic acids is 2. The molecule has 0 spiro atoms. The second-order valence-electron chi connectivity index (χ2n) is 9.26. The molecule has 0 fully saturated rings. The predicted octanol–water partition coefficient (Wildman–Crippen LogP) is 4.29. The van der Waals surface area contributed by atoms with Crippen molar-refractivity contribution in [2.75, 3.05) is 0 Å². The van der Waals surface area contributed by atoms with E-state index in [-0.39, 0.29) is 12.8 Å². The summed E-state index contributed by atoms with van der Waals surface area (Å²) in [4.78, 5) is 33.8. The molecule has 2 unspecified atom stereocenters. The average molecular weight is 541 g/mol. The summed E-state index contributed by atoms with van der Waals surface area (Å²) in [6, 6.07) is 32.1. The minimum atomic E-state index is -1.02. The van der Waals surface area contributed by atoms with Gasteiger partial charge in [-0.25, -0.2) is 19.4 Å². The third kappa shape index (κ3) is 8.97. The lowest BCUT2D eigenvalue weighted by molar-refractivity contribution is -0.260. The van der Waals surface area contributed by atoms with Crippen LogP contribution in [0.5, 0.6) is 11.5 Å². The number of benzene rings is 4. The Hall–Kier alpha value is -4.66. The van der Waals surface area contributed by atoms with Crippen LogP contribution in [0.15, 0.2) is 109 Å². The van der Waals surface area contributed by atoms with Crippen molar-refractivity contribution in [3.8, 4) is 11.5 Å². The molecule has 0 heterocycles. The monoisotopic (exact) mass is 540 g/mol. The van der Waals surface area contributed by atoms with Crippen molar-refractivity contribution < 1.29 is 28.8 Å². The molecular formula is C32H32N2O6. The minimum absolute atomic E-state index is 0.195. The van der Waals surface area contributed by atoms with E-state index in [1.165, 1.54) is 0 Å². The van der Waals surface area contributed by atoms with Gasteiger partial charge >= 0.3 is 11.9 Å². The highest BCUT2D eigenvalue weighted by Crippen LogP contribution is 2.17. The van der Waals surface area contributed by atoms with Gasteiger partial charge in [-0.15, -0.1) is 0 Å². The summed E-state index contributed by atoms with van der Waals surface area (Å²) in [5.74, 6) is -0.350. The number of ether oxygens (including phenoxy) is 2. The topological polar surface area (TPSA) is 123 Å². The molecule has 0 saturated carbocycles. The first-order valence-electron chi connectivity index (χ1n) is 12.9. The van der Waals surface area contributed by atoms with Crippen LogP contribution in [0.25, 0.3) is 0 Å². The van der Waals surface area contributed by atoms with E-state index in [0.717, 1.165) is 22.3 Å². The lowest BCUT2D eigenvalue weighted by Gasteiger charge is -2.13. The molecule has 0 aliphatic heterocycles. The zero-order chi connectivity index (χ0) is 28.2. The van der Waals surface area contributed by atoms with Gasteiger partial charge in [-0.3, -0.25) is 0 Å². The third-order valence-corrected chi connectivity index (χ3v) is 6.07.